The van der Waals surface area contributed by atoms with Crippen molar-refractivity contribution in [3.63, 3.8) is 0 Å². The monoisotopic (exact) mass is 293 g/mol. The smallest absolute Gasteiger partial charge is 0.355 e. The van der Waals surface area contributed by atoms with Crippen LogP contribution in [-0.2, 0) is 6.54 Å². The minimum atomic E-state index is -1.08. The minimum Gasteiger partial charge on any atom is -0.476 e. The van der Waals surface area contributed by atoms with Crippen molar-refractivity contribution in [1.82, 2.24) is 15.5 Å². The first-order valence-electron chi connectivity index (χ1n) is 6.06. The van der Waals surface area contributed by atoms with Crippen LogP contribution in [0.3, 0.4) is 0 Å². The van der Waals surface area contributed by atoms with Crippen molar-refractivity contribution >= 4 is 23.2 Å². The van der Waals surface area contributed by atoms with Crippen LogP contribution in [0.1, 0.15) is 50.5 Å². The summed E-state index contributed by atoms with van der Waals surface area (Å²) in [5.41, 5.74) is 0.799. The van der Waals surface area contributed by atoms with E-state index in [1.807, 2.05) is 0 Å². The van der Waals surface area contributed by atoms with Gasteiger partial charge in [-0.15, -0.1) is 11.3 Å². The van der Waals surface area contributed by atoms with Crippen LogP contribution >= 0.6 is 11.3 Å². The van der Waals surface area contributed by atoms with Gasteiger partial charge in [-0.2, -0.15) is 0 Å². The van der Waals surface area contributed by atoms with Gasteiger partial charge in [-0.05, 0) is 12.8 Å². The number of hydrogen-bond acceptors (Lipinski definition) is 6. The zero-order valence-corrected chi connectivity index (χ0v) is 11.1. The molecule has 0 aromatic carbocycles. The number of nitrogens with one attached hydrogen (secondary N) is 1. The molecule has 7 nitrogen and oxygen atoms in total. The highest BCUT2D eigenvalue weighted by Gasteiger charge is 2.28. The van der Waals surface area contributed by atoms with Crippen LogP contribution in [0.2, 0.25) is 0 Å². The van der Waals surface area contributed by atoms with Crippen LogP contribution in [-0.4, -0.2) is 27.1 Å². The largest absolute Gasteiger partial charge is 0.476 e. The Bertz CT molecular complexity index is 659. The van der Waals surface area contributed by atoms with E-state index in [4.69, 9.17) is 9.63 Å². The van der Waals surface area contributed by atoms with E-state index in [0.29, 0.717) is 10.9 Å². The lowest BCUT2D eigenvalue weighted by Crippen LogP contribution is -2.22. The molecule has 0 unspecified atom stereocenters. The van der Waals surface area contributed by atoms with Gasteiger partial charge in [-0.1, -0.05) is 5.16 Å². The highest BCUT2D eigenvalue weighted by Crippen LogP contribution is 2.39. The highest BCUT2D eigenvalue weighted by molar-refractivity contribution is 7.09. The molecule has 1 saturated carbocycles. The van der Waals surface area contributed by atoms with Gasteiger partial charge < -0.3 is 14.9 Å². The van der Waals surface area contributed by atoms with Crippen molar-refractivity contribution in [2.75, 3.05) is 0 Å². The summed E-state index contributed by atoms with van der Waals surface area (Å²) < 4.78 is 4.99. The van der Waals surface area contributed by atoms with Crippen LogP contribution in [0.5, 0.6) is 0 Å². The number of nitrogens with zero attached hydrogens (tertiary/aromatic N) is 2. The maximum absolute atomic E-state index is 11.8. The lowest BCUT2D eigenvalue weighted by molar-refractivity contribution is 0.0691. The summed E-state index contributed by atoms with van der Waals surface area (Å²) >= 11 is 1.18. The molecule has 3 rings (SSSR count). The number of thiazole rings is 1. The number of rotatable bonds is 5. The number of carboxylic acids is 1. The molecule has 1 amide bonds. The van der Waals surface area contributed by atoms with Crippen LogP contribution in [0, 0.1) is 0 Å². The average Bonchev–Trinajstić information content (AvgIpc) is 2.98. The number of amides is 1. The Morgan fingerprint density at radius 2 is 2.30 bits per heavy atom. The predicted octanol–water partition coefficient (Wildman–Crippen LogP) is 1.64. The van der Waals surface area contributed by atoms with Gasteiger partial charge in [0.2, 0.25) is 5.76 Å². The van der Waals surface area contributed by atoms with Crippen molar-refractivity contribution in [3.8, 4) is 0 Å². The number of carbonyl (C=O) groups is 2. The lowest BCUT2D eigenvalue weighted by atomic mass is 10.2. The Morgan fingerprint density at radius 1 is 1.50 bits per heavy atom. The number of hydrogen-bond donors (Lipinski definition) is 2. The molecular formula is C12H11N3O4S. The Balaban J connectivity index is 1.58. The van der Waals surface area contributed by atoms with E-state index in [-0.39, 0.29) is 23.9 Å². The molecule has 1 aliphatic carbocycles. The fourth-order valence-corrected chi connectivity index (χ4v) is 2.41. The first kappa shape index (κ1) is 12.8. The second-order valence-electron chi connectivity index (χ2n) is 4.50. The summed E-state index contributed by atoms with van der Waals surface area (Å²) in [5, 5.41) is 17.2. The van der Waals surface area contributed by atoms with E-state index in [1.165, 1.54) is 16.7 Å². The molecule has 0 saturated heterocycles. The predicted molar refractivity (Wildman–Crippen MR) is 68.7 cm³/mol. The zero-order chi connectivity index (χ0) is 14.1. The Hall–Kier alpha value is -2.22. The molecule has 8 heteroatoms. The molecule has 0 spiro atoms. The molecule has 0 radical (unpaired) electrons. The number of aromatic nitrogens is 2. The molecule has 2 N–H and O–H groups in total. The van der Waals surface area contributed by atoms with E-state index >= 15 is 0 Å². The highest BCUT2D eigenvalue weighted by atomic mass is 32.1. The summed E-state index contributed by atoms with van der Waals surface area (Å²) in [7, 11) is 0. The molecule has 1 fully saturated rings. The molecule has 2 heterocycles. The summed E-state index contributed by atoms with van der Waals surface area (Å²) in [4.78, 5) is 26.4. The van der Waals surface area contributed by atoms with E-state index < -0.39 is 5.97 Å². The van der Waals surface area contributed by atoms with E-state index in [1.54, 1.807) is 6.07 Å². The maximum Gasteiger partial charge on any atom is 0.355 e. The molecule has 104 valence electrons. The quantitative estimate of drug-likeness (QED) is 0.868. The molecule has 0 aliphatic heterocycles. The number of aromatic carboxylic acids is 1. The van der Waals surface area contributed by atoms with Crippen molar-refractivity contribution < 1.29 is 19.2 Å². The normalized spacial score (nSPS) is 14.2. The topological polar surface area (TPSA) is 105 Å². The zero-order valence-electron chi connectivity index (χ0n) is 10.3. The molecule has 0 bridgehead atoms. The van der Waals surface area contributed by atoms with Gasteiger partial charge in [-0.3, -0.25) is 4.79 Å². The van der Waals surface area contributed by atoms with Gasteiger partial charge in [0, 0.05) is 17.4 Å². The third-order valence-corrected chi connectivity index (χ3v) is 3.77. The summed E-state index contributed by atoms with van der Waals surface area (Å²) in [6.07, 6.45) is 2.18. The van der Waals surface area contributed by atoms with Crippen LogP contribution in [0.25, 0.3) is 0 Å². The first-order chi connectivity index (χ1) is 9.63. The summed E-state index contributed by atoms with van der Waals surface area (Å²) in [6.45, 7) is 0.163. The SMILES string of the molecule is O=C(O)c1csc(CNC(=O)c2cc(C3CC3)no2)n1. The number of carbonyl (C=O) groups excluding carboxylic acids is 1. The fourth-order valence-electron chi connectivity index (χ4n) is 1.70. The number of carboxylic acid groups (broad SMARTS) is 1. The van der Waals surface area contributed by atoms with Crippen molar-refractivity contribution in [2.45, 2.75) is 25.3 Å². The second-order valence-corrected chi connectivity index (χ2v) is 5.45. The summed E-state index contributed by atoms with van der Waals surface area (Å²) in [5.74, 6) is -0.862. The van der Waals surface area contributed by atoms with Crippen LogP contribution in [0.4, 0.5) is 0 Å². The third kappa shape index (κ3) is 2.69. The molecular weight excluding hydrogens is 282 g/mol. The van der Waals surface area contributed by atoms with Crippen molar-refractivity contribution in [2.24, 2.45) is 0 Å². The van der Waals surface area contributed by atoms with Gasteiger partial charge in [0.15, 0.2) is 5.69 Å². The lowest BCUT2D eigenvalue weighted by Gasteiger charge is -1.98. The van der Waals surface area contributed by atoms with Gasteiger partial charge in [0.05, 0.1) is 12.2 Å². The van der Waals surface area contributed by atoms with Crippen molar-refractivity contribution in [1.29, 1.82) is 0 Å². The molecule has 20 heavy (non-hydrogen) atoms. The van der Waals surface area contributed by atoms with E-state index in [0.717, 1.165) is 18.5 Å². The second kappa shape index (κ2) is 5.04. The van der Waals surface area contributed by atoms with Crippen molar-refractivity contribution in [3.05, 3.63) is 33.6 Å². The van der Waals surface area contributed by atoms with Gasteiger partial charge in [0.1, 0.15) is 5.01 Å². The molecule has 1 aliphatic rings. The fraction of sp³-hybridized carbons (Fsp3) is 0.333. The van der Waals surface area contributed by atoms with E-state index in [9.17, 15) is 9.59 Å². The standard InChI is InChI=1S/C12H11N3O4S/c16-11(9-3-7(15-19-9)6-1-2-6)13-4-10-14-8(5-20-10)12(17)18/h3,5-6H,1-2,4H2,(H,13,16)(H,17,18). The van der Waals surface area contributed by atoms with Gasteiger partial charge >= 0.3 is 5.97 Å². The van der Waals surface area contributed by atoms with Crippen LogP contribution in [0.15, 0.2) is 16.0 Å². The Morgan fingerprint density at radius 3 is 2.95 bits per heavy atom. The maximum atomic E-state index is 11.8. The Kier molecular flexibility index (Phi) is 3.23. The molecule has 0 atom stereocenters. The van der Waals surface area contributed by atoms with Gasteiger partial charge in [-0.25, -0.2) is 9.78 Å². The van der Waals surface area contributed by atoms with Crippen LogP contribution < -0.4 is 5.32 Å². The average molecular weight is 293 g/mol. The minimum absolute atomic E-state index is 0.0186. The first-order valence-corrected chi connectivity index (χ1v) is 6.94. The molecule has 2 aromatic rings. The Labute approximate surface area is 117 Å². The summed E-state index contributed by atoms with van der Waals surface area (Å²) in [6, 6.07) is 1.65. The third-order valence-electron chi connectivity index (χ3n) is 2.92. The van der Waals surface area contributed by atoms with E-state index in [2.05, 4.69) is 15.5 Å². The molecule has 2 aromatic heterocycles. The van der Waals surface area contributed by atoms with Gasteiger partial charge in [0.25, 0.3) is 5.91 Å².